The highest BCUT2D eigenvalue weighted by molar-refractivity contribution is 4.96. The van der Waals surface area contributed by atoms with Crippen LogP contribution in [0.2, 0.25) is 0 Å². The van der Waals surface area contributed by atoms with Crippen molar-refractivity contribution < 1.29 is 4.74 Å². The quantitative estimate of drug-likeness (QED) is 0.742. The first kappa shape index (κ1) is 16.0. The van der Waals surface area contributed by atoms with Gasteiger partial charge in [-0.15, -0.1) is 0 Å². The maximum Gasteiger partial charge on any atom is 0.0831 e. The Morgan fingerprint density at radius 1 is 1.11 bits per heavy atom. The third-order valence-corrected chi connectivity index (χ3v) is 5.04. The summed E-state index contributed by atoms with van der Waals surface area (Å²) in [5.41, 5.74) is 0.0365. The second-order valence-corrected chi connectivity index (χ2v) is 5.99. The standard InChI is InChI=1S/C16H33NO/c1-6-16(7-2,18-8-3)15(17-5)14-11-9-13(4)10-12-14/h13-15,17H,6-12H2,1-5H3. The molecule has 0 aromatic carbocycles. The van der Waals surface area contributed by atoms with Crippen LogP contribution in [0.5, 0.6) is 0 Å². The minimum absolute atomic E-state index is 0.0365. The van der Waals surface area contributed by atoms with Crippen molar-refractivity contribution in [3.63, 3.8) is 0 Å². The van der Waals surface area contributed by atoms with Gasteiger partial charge in [0.15, 0.2) is 0 Å². The van der Waals surface area contributed by atoms with Gasteiger partial charge in [0, 0.05) is 12.6 Å². The topological polar surface area (TPSA) is 21.3 Å². The van der Waals surface area contributed by atoms with Gasteiger partial charge in [-0.05, 0) is 51.5 Å². The van der Waals surface area contributed by atoms with Crippen molar-refractivity contribution in [2.75, 3.05) is 13.7 Å². The number of rotatable bonds is 7. The Bertz CT molecular complexity index is 217. The molecule has 0 aromatic rings. The first-order valence-electron chi connectivity index (χ1n) is 7.94. The predicted molar refractivity (Wildman–Crippen MR) is 78.9 cm³/mol. The highest BCUT2D eigenvalue weighted by atomic mass is 16.5. The summed E-state index contributed by atoms with van der Waals surface area (Å²) in [6.45, 7) is 9.88. The predicted octanol–water partition coefficient (Wildman–Crippen LogP) is 4.00. The molecule has 0 aliphatic heterocycles. The number of ether oxygens (including phenoxy) is 1. The molecular weight excluding hydrogens is 222 g/mol. The zero-order chi connectivity index (χ0) is 13.6. The largest absolute Gasteiger partial charge is 0.374 e. The fourth-order valence-electron chi connectivity index (χ4n) is 3.82. The molecule has 2 nitrogen and oxygen atoms in total. The van der Waals surface area contributed by atoms with Crippen LogP contribution < -0.4 is 5.32 Å². The van der Waals surface area contributed by atoms with Crippen LogP contribution >= 0.6 is 0 Å². The zero-order valence-electron chi connectivity index (χ0n) is 13.1. The van der Waals surface area contributed by atoms with E-state index in [1.165, 1.54) is 25.7 Å². The van der Waals surface area contributed by atoms with Gasteiger partial charge in [0.25, 0.3) is 0 Å². The molecule has 108 valence electrons. The van der Waals surface area contributed by atoms with E-state index in [-0.39, 0.29) is 5.60 Å². The average Bonchev–Trinajstić information content (AvgIpc) is 2.40. The summed E-state index contributed by atoms with van der Waals surface area (Å²) in [4.78, 5) is 0. The number of hydrogen-bond acceptors (Lipinski definition) is 2. The molecule has 18 heavy (non-hydrogen) atoms. The maximum absolute atomic E-state index is 6.20. The SMILES string of the molecule is CCOC(CC)(CC)C(NC)C1CCC(C)CC1. The molecule has 0 heterocycles. The Morgan fingerprint density at radius 3 is 2.06 bits per heavy atom. The second-order valence-electron chi connectivity index (χ2n) is 5.99. The van der Waals surface area contributed by atoms with Crippen LogP contribution in [0.3, 0.4) is 0 Å². The Balaban J connectivity index is 2.78. The lowest BCUT2D eigenvalue weighted by Crippen LogP contribution is -2.55. The molecular formula is C16H33NO. The van der Waals surface area contributed by atoms with Gasteiger partial charge in [-0.2, -0.15) is 0 Å². The lowest BCUT2D eigenvalue weighted by molar-refractivity contribution is -0.0881. The van der Waals surface area contributed by atoms with E-state index in [9.17, 15) is 0 Å². The van der Waals surface area contributed by atoms with Crippen molar-refractivity contribution in [1.82, 2.24) is 5.32 Å². The molecule has 1 atom stereocenters. The lowest BCUT2D eigenvalue weighted by atomic mass is 9.72. The molecule has 1 fully saturated rings. The summed E-state index contributed by atoms with van der Waals surface area (Å²) < 4.78 is 6.20. The molecule has 1 aliphatic carbocycles. The van der Waals surface area contributed by atoms with Gasteiger partial charge >= 0.3 is 0 Å². The van der Waals surface area contributed by atoms with Crippen LogP contribution in [-0.4, -0.2) is 25.3 Å². The van der Waals surface area contributed by atoms with E-state index in [0.717, 1.165) is 31.3 Å². The van der Waals surface area contributed by atoms with Crippen molar-refractivity contribution in [3.05, 3.63) is 0 Å². The van der Waals surface area contributed by atoms with E-state index in [1.54, 1.807) is 0 Å². The Morgan fingerprint density at radius 2 is 1.67 bits per heavy atom. The average molecular weight is 255 g/mol. The minimum Gasteiger partial charge on any atom is -0.374 e. The summed E-state index contributed by atoms with van der Waals surface area (Å²) in [7, 11) is 2.11. The van der Waals surface area contributed by atoms with Crippen molar-refractivity contribution in [2.45, 2.75) is 77.9 Å². The van der Waals surface area contributed by atoms with Gasteiger partial charge in [0.05, 0.1) is 5.60 Å². The summed E-state index contributed by atoms with van der Waals surface area (Å²) in [5, 5.41) is 3.59. The van der Waals surface area contributed by atoms with Crippen LogP contribution in [-0.2, 0) is 4.74 Å². The van der Waals surface area contributed by atoms with Crippen molar-refractivity contribution in [2.24, 2.45) is 11.8 Å². The molecule has 1 N–H and O–H groups in total. The summed E-state index contributed by atoms with van der Waals surface area (Å²) in [6, 6.07) is 0.514. The molecule has 0 saturated heterocycles. The minimum atomic E-state index is 0.0365. The Labute approximate surface area is 114 Å². The van der Waals surface area contributed by atoms with Crippen LogP contribution in [0.1, 0.15) is 66.2 Å². The molecule has 0 bridgehead atoms. The van der Waals surface area contributed by atoms with Crippen LogP contribution in [0.4, 0.5) is 0 Å². The summed E-state index contributed by atoms with van der Waals surface area (Å²) >= 11 is 0. The lowest BCUT2D eigenvalue weighted by Gasteiger charge is -2.45. The third kappa shape index (κ3) is 3.48. The van der Waals surface area contributed by atoms with Crippen molar-refractivity contribution in [3.8, 4) is 0 Å². The van der Waals surface area contributed by atoms with Crippen molar-refractivity contribution in [1.29, 1.82) is 0 Å². The molecule has 0 spiro atoms. The summed E-state index contributed by atoms with van der Waals surface area (Å²) in [6.07, 6.45) is 7.71. The first-order chi connectivity index (χ1) is 8.63. The van der Waals surface area contributed by atoms with Gasteiger partial charge in [-0.1, -0.05) is 33.6 Å². The van der Waals surface area contributed by atoms with E-state index < -0.39 is 0 Å². The number of likely N-dealkylation sites (N-methyl/N-ethyl adjacent to an activating group) is 1. The van der Waals surface area contributed by atoms with Gasteiger partial charge in [0.2, 0.25) is 0 Å². The van der Waals surface area contributed by atoms with Gasteiger partial charge in [-0.3, -0.25) is 0 Å². The number of nitrogens with one attached hydrogen (secondary N) is 1. The highest BCUT2D eigenvalue weighted by Gasteiger charge is 2.41. The molecule has 1 rings (SSSR count). The van der Waals surface area contributed by atoms with E-state index in [4.69, 9.17) is 4.74 Å². The second kappa shape index (κ2) is 7.49. The molecule has 2 heteroatoms. The van der Waals surface area contributed by atoms with E-state index in [2.05, 4.69) is 40.1 Å². The number of hydrogen-bond donors (Lipinski definition) is 1. The molecule has 0 amide bonds. The molecule has 0 aromatic heterocycles. The van der Waals surface area contributed by atoms with Crippen LogP contribution in [0.15, 0.2) is 0 Å². The smallest absolute Gasteiger partial charge is 0.0831 e. The van der Waals surface area contributed by atoms with E-state index in [1.807, 2.05) is 0 Å². The molecule has 1 saturated carbocycles. The van der Waals surface area contributed by atoms with Crippen LogP contribution in [0.25, 0.3) is 0 Å². The normalized spacial score (nSPS) is 27.2. The fourth-order valence-corrected chi connectivity index (χ4v) is 3.82. The van der Waals surface area contributed by atoms with Crippen molar-refractivity contribution >= 4 is 0 Å². The fraction of sp³-hybridized carbons (Fsp3) is 1.00. The molecule has 0 radical (unpaired) electrons. The zero-order valence-corrected chi connectivity index (χ0v) is 13.1. The Kier molecular flexibility index (Phi) is 6.65. The van der Waals surface area contributed by atoms with Gasteiger partial charge in [0.1, 0.15) is 0 Å². The highest BCUT2D eigenvalue weighted by Crippen LogP contribution is 2.37. The monoisotopic (exact) mass is 255 g/mol. The third-order valence-electron chi connectivity index (χ3n) is 5.04. The van der Waals surface area contributed by atoms with E-state index >= 15 is 0 Å². The van der Waals surface area contributed by atoms with E-state index in [0.29, 0.717) is 6.04 Å². The van der Waals surface area contributed by atoms with Gasteiger partial charge < -0.3 is 10.1 Å². The van der Waals surface area contributed by atoms with Crippen LogP contribution in [0, 0.1) is 11.8 Å². The first-order valence-corrected chi connectivity index (χ1v) is 7.94. The molecule has 1 aliphatic rings. The molecule has 1 unspecified atom stereocenters. The maximum atomic E-state index is 6.20. The summed E-state index contributed by atoms with van der Waals surface area (Å²) in [5.74, 6) is 1.71. The van der Waals surface area contributed by atoms with Gasteiger partial charge in [-0.25, -0.2) is 0 Å². The Hall–Kier alpha value is -0.0800.